The third-order valence-electron chi connectivity index (χ3n) is 11.2. The summed E-state index contributed by atoms with van der Waals surface area (Å²) in [6, 6.07) is 39.6. The van der Waals surface area contributed by atoms with Crippen LogP contribution in [0.2, 0.25) is 19.6 Å². The first kappa shape index (κ1) is 31.7. The highest BCUT2D eigenvalue weighted by Crippen LogP contribution is 2.50. The lowest BCUT2D eigenvalue weighted by atomic mass is 9.75. The van der Waals surface area contributed by atoms with E-state index in [1.54, 1.807) is 5.19 Å². The highest BCUT2D eigenvalue weighted by Gasteiger charge is 2.52. The van der Waals surface area contributed by atoms with Crippen molar-refractivity contribution in [3.8, 4) is 33.6 Å². The van der Waals surface area contributed by atoms with Crippen molar-refractivity contribution < 1.29 is 9.13 Å². The van der Waals surface area contributed by atoms with Gasteiger partial charge in [-0.15, -0.1) is 6.58 Å². The smallest absolute Gasteiger partial charge is 0.194 e. The second-order valence-corrected chi connectivity index (χ2v) is 20.5. The molecule has 2 aromatic heterocycles. The van der Waals surface area contributed by atoms with E-state index in [-0.39, 0.29) is 18.0 Å². The zero-order chi connectivity index (χ0) is 34.0. The number of benzene rings is 4. The number of fused-ring (bicyclic) bond motifs is 7. The number of hydrogen-bond donors (Lipinski definition) is 0. The predicted octanol–water partition coefficient (Wildman–Crippen LogP) is 10.5. The van der Waals surface area contributed by atoms with Gasteiger partial charge in [-0.3, -0.25) is 0 Å². The lowest BCUT2D eigenvalue weighted by Crippen LogP contribution is -2.56. The fraction of sp³-hybridized carbons (Fsp3) is 0.261. The topological polar surface area (TPSA) is 7.76 Å². The predicted molar refractivity (Wildman–Crippen MR) is 208 cm³/mol. The van der Waals surface area contributed by atoms with E-state index in [1.807, 2.05) is 0 Å². The number of rotatable bonds is 7. The van der Waals surface area contributed by atoms with Crippen LogP contribution in [-0.4, -0.2) is 8.07 Å². The first-order valence-electron chi connectivity index (χ1n) is 18.2. The summed E-state index contributed by atoms with van der Waals surface area (Å²) < 4.78 is 5.30. The molecule has 0 saturated carbocycles. The van der Waals surface area contributed by atoms with Crippen LogP contribution in [0.15, 0.2) is 128 Å². The molecule has 2 aliphatic rings. The first-order valence-corrected chi connectivity index (χ1v) is 21.7. The molecular weight excluding hydrogens is 609 g/mol. The van der Waals surface area contributed by atoms with E-state index in [0.29, 0.717) is 5.92 Å². The molecule has 0 spiro atoms. The third-order valence-corrected chi connectivity index (χ3v) is 13.3. The number of aryl methyl sites for hydroxylation is 1. The normalized spacial score (nSPS) is 17.8. The van der Waals surface area contributed by atoms with Gasteiger partial charge in [0.25, 0.3) is 0 Å². The molecule has 6 aromatic rings. The molecule has 0 radical (unpaired) electrons. The van der Waals surface area contributed by atoms with Gasteiger partial charge in [0.05, 0.1) is 19.2 Å². The summed E-state index contributed by atoms with van der Waals surface area (Å²) in [4.78, 5) is 0. The zero-order valence-electron chi connectivity index (χ0n) is 29.9. The molecule has 244 valence electrons. The minimum Gasteiger partial charge on any atom is -0.194 e. The Balaban J connectivity index is 1.40. The van der Waals surface area contributed by atoms with E-state index >= 15 is 0 Å². The van der Waals surface area contributed by atoms with Crippen LogP contribution >= 0.6 is 0 Å². The second-order valence-electron chi connectivity index (χ2n) is 15.5. The fourth-order valence-corrected chi connectivity index (χ4v) is 10.6. The summed E-state index contributed by atoms with van der Waals surface area (Å²) in [6.07, 6.45) is 9.13. The molecule has 0 N–H and O–H groups in total. The van der Waals surface area contributed by atoms with Gasteiger partial charge in [0.2, 0.25) is 11.4 Å². The number of pyridine rings is 2. The summed E-state index contributed by atoms with van der Waals surface area (Å²) in [5, 5.41) is 4.14. The van der Waals surface area contributed by atoms with Gasteiger partial charge < -0.3 is 0 Å². The molecule has 4 aromatic carbocycles. The van der Waals surface area contributed by atoms with Crippen molar-refractivity contribution in [1.82, 2.24) is 0 Å². The van der Waals surface area contributed by atoms with Gasteiger partial charge >= 0.3 is 0 Å². The SMILES string of the molecule is C=CCC1C(C2c3ccc(C(C)C)cc3-c3ccc(-c4cccc5ccccc45)c[n+]32)c2ccccc2-c2cc(CC)c([Si](C)(C)C)c[n+]21. The van der Waals surface area contributed by atoms with Gasteiger partial charge in [-0.1, -0.05) is 119 Å². The molecule has 8 rings (SSSR count). The molecule has 2 aliphatic heterocycles. The minimum absolute atomic E-state index is 0.133. The Labute approximate surface area is 293 Å². The molecule has 0 aliphatic carbocycles. The Morgan fingerprint density at radius 1 is 0.735 bits per heavy atom. The summed E-state index contributed by atoms with van der Waals surface area (Å²) >= 11 is 0. The van der Waals surface area contributed by atoms with Crippen LogP contribution in [0.25, 0.3) is 44.4 Å². The van der Waals surface area contributed by atoms with E-state index in [2.05, 4.69) is 178 Å². The van der Waals surface area contributed by atoms with E-state index in [0.717, 1.165) is 12.8 Å². The molecule has 3 heteroatoms. The number of allylic oxidation sites excluding steroid dienone is 1. The summed E-state index contributed by atoms with van der Waals surface area (Å²) in [5.74, 6) is 0.679. The van der Waals surface area contributed by atoms with Crippen LogP contribution < -0.4 is 14.3 Å². The average Bonchev–Trinajstić information content (AvgIpc) is 3.43. The van der Waals surface area contributed by atoms with Gasteiger partial charge in [-0.2, -0.15) is 9.13 Å². The van der Waals surface area contributed by atoms with Crippen LogP contribution in [-0.2, 0) is 6.42 Å². The average molecular weight is 657 g/mol. The monoisotopic (exact) mass is 656 g/mol. The standard InChI is InChI=1S/C46H48N2Si/c1-8-15-42-45(38-20-13-12-19-37(38)43-27-31(9-2)44(29-47(42)43)49(5,6)7)46-39-24-22-33(30(3)4)26-40(39)41-25-23-34(28-48(41)46)36-21-14-17-32-16-10-11-18-35(32)36/h8,10-14,16-30,42,45-46H,1,9,15H2,2-7H3/q+2. The molecule has 3 atom stereocenters. The van der Waals surface area contributed by atoms with Gasteiger partial charge in [0.1, 0.15) is 5.92 Å². The molecular formula is C46H48N2Si+2. The van der Waals surface area contributed by atoms with Crippen molar-refractivity contribution in [2.75, 3.05) is 0 Å². The number of hydrogen-bond acceptors (Lipinski definition) is 0. The van der Waals surface area contributed by atoms with Crippen molar-refractivity contribution in [2.24, 2.45) is 0 Å². The van der Waals surface area contributed by atoms with E-state index < -0.39 is 8.07 Å². The molecule has 49 heavy (non-hydrogen) atoms. The van der Waals surface area contributed by atoms with Crippen molar-refractivity contribution in [3.05, 3.63) is 150 Å². The van der Waals surface area contributed by atoms with Crippen LogP contribution in [0.5, 0.6) is 0 Å². The Kier molecular flexibility index (Phi) is 7.80. The lowest BCUT2D eigenvalue weighted by Gasteiger charge is -2.33. The Hall–Kier alpha value is -4.60. The number of nitrogens with zero attached hydrogens (tertiary/aromatic N) is 2. The number of aromatic nitrogens is 2. The summed E-state index contributed by atoms with van der Waals surface area (Å²) in [6.45, 7) is 18.7. The third kappa shape index (κ3) is 5.13. The van der Waals surface area contributed by atoms with Gasteiger partial charge in [-0.25, -0.2) is 0 Å². The van der Waals surface area contributed by atoms with E-state index in [1.165, 1.54) is 66.7 Å². The maximum atomic E-state index is 4.34. The van der Waals surface area contributed by atoms with Crippen LogP contribution in [0.4, 0.5) is 0 Å². The van der Waals surface area contributed by atoms with Crippen molar-refractivity contribution >= 4 is 24.0 Å². The largest absolute Gasteiger partial charge is 0.213 e. The Morgan fingerprint density at radius 2 is 1.49 bits per heavy atom. The van der Waals surface area contributed by atoms with Crippen molar-refractivity contribution in [3.63, 3.8) is 0 Å². The van der Waals surface area contributed by atoms with Crippen LogP contribution in [0.3, 0.4) is 0 Å². The van der Waals surface area contributed by atoms with E-state index in [4.69, 9.17) is 0 Å². The van der Waals surface area contributed by atoms with E-state index in [9.17, 15) is 0 Å². The summed E-state index contributed by atoms with van der Waals surface area (Å²) in [5.41, 5.74) is 13.7. The fourth-order valence-electron chi connectivity index (χ4n) is 8.82. The highest BCUT2D eigenvalue weighted by molar-refractivity contribution is 6.89. The molecule has 0 saturated heterocycles. The van der Waals surface area contributed by atoms with Crippen molar-refractivity contribution in [1.29, 1.82) is 0 Å². The minimum atomic E-state index is -1.61. The van der Waals surface area contributed by atoms with Gasteiger partial charge in [0, 0.05) is 34.9 Å². The lowest BCUT2D eigenvalue weighted by molar-refractivity contribution is -0.745. The molecule has 0 amide bonds. The first-order chi connectivity index (χ1) is 23.7. The second kappa shape index (κ2) is 12.1. The zero-order valence-corrected chi connectivity index (χ0v) is 30.9. The summed E-state index contributed by atoms with van der Waals surface area (Å²) in [7, 11) is -1.61. The van der Waals surface area contributed by atoms with Crippen LogP contribution in [0.1, 0.15) is 73.4 Å². The molecule has 4 heterocycles. The quantitative estimate of drug-likeness (QED) is 0.0918. The van der Waals surface area contributed by atoms with Crippen molar-refractivity contribution in [2.45, 2.75) is 77.2 Å². The maximum Gasteiger partial charge on any atom is 0.213 e. The van der Waals surface area contributed by atoms with Crippen LogP contribution in [0, 0.1) is 0 Å². The van der Waals surface area contributed by atoms with Gasteiger partial charge in [-0.05, 0) is 63.6 Å². The Bertz CT molecular complexity index is 2250. The Morgan fingerprint density at radius 3 is 2.27 bits per heavy atom. The molecule has 0 bridgehead atoms. The highest BCUT2D eigenvalue weighted by atomic mass is 28.3. The molecule has 3 unspecified atom stereocenters. The molecule has 0 fully saturated rings. The molecule has 2 nitrogen and oxygen atoms in total. The maximum absolute atomic E-state index is 4.34. The van der Waals surface area contributed by atoms with Gasteiger partial charge in [0.15, 0.2) is 24.5 Å².